The Bertz CT molecular complexity index is 1570. The minimum absolute atomic E-state index is 0.00276. The van der Waals surface area contributed by atoms with Gasteiger partial charge in [0.05, 0.1) is 19.0 Å². The minimum Gasteiger partial charge on any atom is -0.497 e. The summed E-state index contributed by atoms with van der Waals surface area (Å²) in [7, 11) is 1.53. The van der Waals surface area contributed by atoms with E-state index in [1.165, 1.54) is 11.7 Å². The maximum absolute atomic E-state index is 13.6. The first-order chi connectivity index (χ1) is 15.5. The van der Waals surface area contributed by atoms with Gasteiger partial charge in [0.1, 0.15) is 17.2 Å². The summed E-state index contributed by atoms with van der Waals surface area (Å²) in [5, 5.41) is 0.235. The molecule has 3 aromatic carbocycles. The van der Waals surface area contributed by atoms with Crippen LogP contribution in [0.4, 0.5) is 0 Å². The Morgan fingerprint density at radius 2 is 1.75 bits per heavy atom. The molecule has 0 saturated heterocycles. The second-order valence-corrected chi connectivity index (χ2v) is 8.21. The number of hydrogen-bond acceptors (Lipinski definition) is 5. The molecule has 0 amide bonds. The normalized spacial score (nSPS) is 11.2. The Labute approximate surface area is 190 Å². The lowest BCUT2D eigenvalue weighted by atomic mass is 10.1. The van der Waals surface area contributed by atoms with Gasteiger partial charge in [-0.3, -0.25) is 14.2 Å². The Balaban J connectivity index is 1.85. The van der Waals surface area contributed by atoms with Crippen LogP contribution in [0, 0.1) is 0 Å². The van der Waals surface area contributed by atoms with Crippen LogP contribution in [0.15, 0.2) is 91.3 Å². The van der Waals surface area contributed by atoms with E-state index in [2.05, 4.69) is 20.9 Å². The molecule has 0 radical (unpaired) electrons. The summed E-state index contributed by atoms with van der Waals surface area (Å²) in [6.45, 7) is 0.272. The fourth-order valence-electron chi connectivity index (χ4n) is 3.68. The average molecular weight is 489 g/mol. The topological polar surface area (TPSA) is 74.3 Å². The molecule has 7 heteroatoms. The van der Waals surface area contributed by atoms with Gasteiger partial charge in [0.15, 0.2) is 5.39 Å². The van der Waals surface area contributed by atoms with Crippen molar-refractivity contribution >= 4 is 38.0 Å². The van der Waals surface area contributed by atoms with Crippen LogP contribution in [0.3, 0.4) is 0 Å². The smallest absolute Gasteiger partial charge is 0.269 e. The van der Waals surface area contributed by atoms with Crippen molar-refractivity contribution in [1.29, 1.82) is 0 Å². The highest BCUT2D eigenvalue weighted by Gasteiger charge is 2.19. The van der Waals surface area contributed by atoms with E-state index in [1.807, 2.05) is 54.6 Å². The number of ether oxygens (including phenoxy) is 1. The van der Waals surface area contributed by atoms with Crippen LogP contribution < -0.4 is 15.7 Å². The number of nitrogens with zero attached hydrogens (tertiary/aromatic N) is 2. The Morgan fingerprint density at radius 3 is 2.47 bits per heavy atom. The largest absolute Gasteiger partial charge is 0.497 e. The molecule has 0 atom stereocenters. The molecular formula is C25H17BrN2O4. The zero-order chi connectivity index (χ0) is 22.2. The third-order valence-electron chi connectivity index (χ3n) is 5.29. The molecule has 0 aliphatic carbocycles. The number of halogens is 1. The molecule has 0 aliphatic heterocycles. The second-order valence-electron chi connectivity index (χ2n) is 7.29. The molecule has 5 rings (SSSR count). The van der Waals surface area contributed by atoms with Gasteiger partial charge in [0.2, 0.25) is 11.1 Å². The van der Waals surface area contributed by atoms with Crippen molar-refractivity contribution in [3.63, 3.8) is 0 Å². The summed E-state index contributed by atoms with van der Waals surface area (Å²) < 4.78 is 13.6. The first kappa shape index (κ1) is 20.2. The summed E-state index contributed by atoms with van der Waals surface area (Å²) >= 11 is 3.43. The summed E-state index contributed by atoms with van der Waals surface area (Å²) in [6, 6.07) is 21.9. The van der Waals surface area contributed by atoms with Crippen LogP contribution in [0.5, 0.6) is 5.75 Å². The van der Waals surface area contributed by atoms with E-state index in [-0.39, 0.29) is 17.6 Å². The van der Waals surface area contributed by atoms with Crippen LogP contribution >= 0.6 is 15.9 Å². The van der Waals surface area contributed by atoms with Crippen molar-refractivity contribution in [1.82, 2.24) is 9.55 Å². The van der Waals surface area contributed by atoms with E-state index in [4.69, 9.17) is 9.15 Å². The van der Waals surface area contributed by atoms with E-state index in [1.54, 1.807) is 18.2 Å². The second kappa shape index (κ2) is 8.09. The van der Waals surface area contributed by atoms with E-state index >= 15 is 0 Å². The van der Waals surface area contributed by atoms with Gasteiger partial charge in [-0.15, -0.1) is 0 Å². The number of rotatable bonds is 4. The molecule has 0 unspecified atom stereocenters. The van der Waals surface area contributed by atoms with Crippen LogP contribution in [0.1, 0.15) is 5.56 Å². The van der Waals surface area contributed by atoms with Crippen molar-refractivity contribution in [2.75, 3.05) is 7.11 Å². The van der Waals surface area contributed by atoms with E-state index in [0.29, 0.717) is 22.5 Å². The lowest BCUT2D eigenvalue weighted by Crippen LogP contribution is -2.28. The highest BCUT2D eigenvalue weighted by molar-refractivity contribution is 9.10. The van der Waals surface area contributed by atoms with Crippen molar-refractivity contribution in [2.24, 2.45) is 0 Å². The number of aromatic nitrogens is 2. The summed E-state index contributed by atoms with van der Waals surface area (Å²) in [5.74, 6) is 0.967. The number of methoxy groups -OCH3 is 1. The lowest BCUT2D eigenvalue weighted by molar-refractivity contribution is 0.414. The fourth-order valence-corrected chi connectivity index (χ4v) is 3.94. The van der Waals surface area contributed by atoms with Crippen LogP contribution in [-0.2, 0) is 6.54 Å². The molecule has 0 saturated carbocycles. The van der Waals surface area contributed by atoms with Crippen LogP contribution in [0.25, 0.3) is 33.5 Å². The first-order valence-electron chi connectivity index (χ1n) is 9.90. The van der Waals surface area contributed by atoms with Crippen molar-refractivity contribution in [3.05, 3.63) is 103 Å². The van der Waals surface area contributed by atoms with Crippen LogP contribution in [-0.4, -0.2) is 16.7 Å². The Morgan fingerprint density at radius 1 is 1.00 bits per heavy atom. The van der Waals surface area contributed by atoms with E-state index < -0.39 is 11.0 Å². The molecule has 5 aromatic rings. The molecule has 0 fully saturated rings. The highest BCUT2D eigenvalue weighted by atomic mass is 79.9. The maximum Gasteiger partial charge on any atom is 0.269 e. The molecule has 0 spiro atoms. The molecule has 2 aromatic heterocycles. The molecule has 2 heterocycles. The highest BCUT2D eigenvalue weighted by Crippen LogP contribution is 2.25. The van der Waals surface area contributed by atoms with E-state index in [9.17, 15) is 9.59 Å². The molecule has 32 heavy (non-hydrogen) atoms. The van der Waals surface area contributed by atoms with Gasteiger partial charge in [-0.2, -0.15) is 4.98 Å². The van der Waals surface area contributed by atoms with Gasteiger partial charge in [0.25, 0.3) is 5.56 Å². The van der Waals surface area contributed by atoms with Gasteiger partial charge in [-0.05, 0) is 29.8 Å². The van der Waals surface area contributed by atoms with Crippen molar-refractivity contribution < 1.29 is 9.15 Å². The third kappa shape index (κ3) is 3.50. The Hall–Kier alpha value is -3.71. The fraction of sp³-hybridized carbons (Fsp3) is 0.0800. The number of benzene rings is 3. The maximum atomic E-state index is 13.6. The van der Waals surface area contributed by atoms with Crippen molar-refractivity contribution in [2.45, 2.75) is 6.54 Å². The average Bonchev–Trinajstić information content (AvgIpc) is 2.81. The minimum atomic E-state index is -0.441. The predicted octanol–water partition coefficient (Wildman–Crippen LogP) is 4.99. The van der Waals surface area contributed by atoms with Gasteiger partial charge < -0.3 is 9.15 Å². The zero-order valence-corrected chi connectivity index (χ0v) is 18.6. The van der Waals surface area contributed by atoms with Gasteiger partial charge in [0, 0.05) is 16.1 Å². The molecule has 158 valence electrons. The van der Waals surface area contributed by atoms with Crippen LogP contribution in [0.2, 0.25) is 0 Å². The molecule has 0 N–H and O–H groups in total. The predicted molar refractivity (Wildman–Crippen MR) is 127 cm³/mol. The molecule has 0 bridgehead atoms. The summed E-state index contributed by atoms with van der Waals surface area (Å²) in [5.41, 5.74) is 1.12. The molecule has 0 aliphatic rings. The third-order valence-corrected chi connectivity index (χ3v) is 5.82. The SMILES string of the molecule is COc1ccc2c(=O)c3c(=O)n(Cc4ccccc4)c(-c4ccc(Br)cc4)nc3oc2c1. The van der Waals surface area contributed by atoms with Gasteiger partial charge >= 0.3 is 0 Å². The van der Waals surface area contributed by atoms with Gasteiger partial charge in [-0.25, -0.2) is 0 Å². The van der Waals surface area contributed by atoms with Crippen molar-refractivity contribution in [3.8, 4) is 17.1 Å². The molecular weight excluding hydrogens is 472 g/mol. The quantitative estimate of drug-likeness (QED) is 0.333. The zero-order valence-electron chi connectivity index (χ0n) is 17.0. The lowest BCUT2D eigenvalue weighted by Gasteiger charge is -2.14. The number of hydrogen-bond donors (Lipinski definition) is 0. The molecule has 6 nitrogen and oxygen atoms in total. The number of fused-ring (bicyclic) bond motifs is 2. The Kier molecular flexibility index (Phi) is 5.11. The van der Waals surface area contributed by atoms with E-state index in [0.717, 1.165) is 15.6 Å². The standard InChI is InChI=1S/C25H17BrN2O4/c1-31-18-11-12-19-20(13-18)32-24-21(22(19)29)25(30)28(14-15-5-3-2-4-6-15)23(27-24)16-7-9-17(26)10-8-16/h2-13H,14H2,1H3. The first-order valence-corrected chi connectivity index (χ1v) is 10.7. The summed E-state index contributed by atoms with van der Waals surface area (Å²) in [6.07, 6.45) is 0. The monoisotopic (exact) mass is 488 g/mol. The van der Waals surface area contributed by atoms with Gasteiger partial charge in [-0.1, -0.05) is 58.4 Å². The summed E-state index contributed by atoms with van der Waals surface area (Å²) in [4.78, 5) is 31.5.